The molecule has 95 heavy (non-hydrogen) atoms. The van der Waals surface area contributed by atoms with Crippen LogP contribution >= 0.6 is 15.6 Å². The number of aliphatic hydroxyl groups is 1. The van der Waals surface area contributed by atoms with Gasteiger partial charge >= 0.3 is 39.5 Å². The second-order valence-corrected chi connectivity index (χ2v) is 31.7. The Kier molecular flexibility index (Phi) is 65.2. The maximum Gasteiger partial charge on any atom is 0.472 e. The van der Waals surface area contributed by atoms with E-state index in [4.69, 9.17) is 37.0 Å². The molecule has 0 saturated heterocycles. The van der Waals surface area contributed by atoms with Crippen molar-refractivity contribution in [3.63, 3.8) is 0 Å². The highest BCUT2D eigenvalue weighted by Gasteiger charge is 2.30. The highest BCUT2D eigenvalue weighted by Crippen LogP contribution is 2.45. The Morgan fingerprint density at radius 3 is 0.716 bits per heavy atom. The zero-order valence-corrected chi connectivity index (χ0v) is 63.9. The lowest BCUT2D eigenvalue weighted by Crippen LogP contribution is -2.30. The minimum atomic E-state index is -4.96. The standard InChI is InChI=1S/C76H148O17P2/c1-8-9-10-11-12-13-29-36-43-50-57-73(78)86-63-71(93-76(81)60-53-46-39-32-25-23-28-35-42-49-56-69(6)7)65-90-94(82,83)88-61-70(77)62-89-95(84,85)91-66-72(64-87-74(79)58-51-44-37-30-24-22-27-34-41-48-55-68(4)5)92-75(80)59-52-45-38-31-21-19-17-15-14-16-18-20-26-33-40-47-54-67(2)3/h67-72,77H,8-66H2,1-7H3,(H,82,83)(H,84,85)/t70-,71+,72+/m0/s1. The molecule has 0 heterocycles. The van der Waals surface area contributed by atoms with E-state index in [1.807, 2.05) is 0 Å². The van der Waals surface area contributed by atoms with E-state index in [2.05, 4.69) is 48.5 Å². The molecule has 3 N–H and O–H groups in total. The van der Waals surface area contributed by atoms with Gasteiger partial charge in [0.2, 0.25) is 0 Å². The van der Waals surface area contributed by atoms with E-state index in [0.717, 1.165) is 108 Å². The Balaban J connectivity index is 5.23. The molecule has 0 aromatic carbocycles. The molecule has 0 saturated carbocycles. The Labute approximate surface area is 581 Å². The summed E-state index contributed by atoms with van der Waals surface area (Å²) in [5.74, 6) is 0.202. The van der Waals surface area contributed by atoms with Crippen molar-refractivity contribution in [2.45, 2.75) is 407 Å². The fourth-order valence-electron chi connectivity index (χ4n) is 11.6. The van der Waals surface area contributed by atoms with E-state index < -0.39 is 97.5 Å². The van der Waals surface area contributed by atoms with E-state index in [1.54, 1.807) is 0 Å². The van der Waals surface area contributed by atoms with Gasteiger partial charge in [-0.2, -0.15) is 0 Å². The Hall–Kier alpha value is -1.94. The number of hydrogen-bond donors (Lipinski definition) is 3. The van der Waals surface area contributed by atoms with Crippen LogP contribution in [0.2, 0.25) is 0 Å². The van der Waals surface area contributed by atoms with Gasteiger partial charge in [-0.1, -0.05) is 337 Å². The summed E-state index contributed by atoms with van der Waals surface area (Å²) in [7, 11) is -9.91. The average Bonchev–Trinajstić information content (AvgIpc) is 1.30. The van der Waals surface area contributed by atoms with Gasteiger partial charge in [0.1, 0.15) is 19.3 Å². The van der Waals surface area contributed by atoms with Crippen molar-refractivity contribution >= 4 is 39.5 Å². The third kappa shape index (κ3) is 70.3. The summed E-state index contributed by atoms with van der Waals surface area (Å²) in [5, 5.41) is 10.6. The zero-order valence-electron chi connectivity index (χ0n) is 62.1. The first-order valence-corrected chi connectivity index (χ1v) is 42.3. The van der Waals surface area contributed by atoms with Gasteiger partial charge in [0, 0.05) is 25.7 Å². The monoisotopic (exact) mass is 1400 g/mol. The number of unbranched alkanes of at least 4 members (excludes halogenated alkanes) is 42. The van der Waals surface area contributed by atoms with Gasteiger partial charge in [-0.15, -0.1) is 0 Å². The molecule has 17 nitrogen and oxygen atoms in total. The SMILES string of the molecule is CCCCCCCCCCCCC(=O)OC[C@H](COP(=O)(O)OC[C@H](O)COP(=O)(O)OC[C@@H](COC(=O)CCCCCCCCCCCCC(C)C)OC(=O)CCCCCCCCCCCCCCCCCCC(C)C)OC(=O)CCCCCCCCCCCCC(C)C. The van der Waals surface area contributed by atoms with Gasteiger partial charge in [0.15, 0.2) is 12.2 Å². The highest BCUT2D eigenvalue weighted by atomic mass is 31.2. The summed E-state index contributed by atoms with van der Waals surface area (Å²) in [6, 6.07) is 0. The summed E-state index contributed by atoms with van der Waals surface area (Å²) >= 11 is 0. The summed E-state index contributed by atoms with van der Waals surface area (Å²) in [5.41, 5.74) is 0. The molecule has 0 aromatic rings. The van der Waals surface area contributed by atoms with Crippen molar-refractivity contribution in [2.24, 2.45) is 17.8 Å². The molecule has 0 amide bonds. The van der Waals surface area contributed by atoms with Crippen LogP contribution in [0.3, 0.4) is 0 Å². The number of esters is 4. The molecule has 0 aliphatic rings. The Morgan fingerprint density at radius 1 is 0.284 bits per heavy atom. The van der Waals surface area contributed by atoms with Crippen molar-refractivity contribution in [3.8, 4) is 0 Å². The molecule has 0 rings (SSSR count). The molecular weight excluding hydrogens is 1250 g/mol. The molecule has 0 spiro atoms. The molecule has 0 fully saturated rings. The normalized spacial score (nSPS) is 14.1. The summed E-state index contributed by atoms with van der Waals surface area (Å²) in [4.78, 5) is 72.8. The lowest BCUT2D eigenvalue weighted by Gasteiger charge is -2.21. The summed E-state index contributed by atoms with van der Waals surface area (Å²) in [6.45, 7) is 11.9. The number of phosphoric ester groups is 2. The second-order valence-electron chi connectivity index (χ2n) is 28.8. The Bertz CT molecular complexity index is 1850. The van der Waals surface area contributed by atoms with Crippen LogP contribution in [0.25, 0.3) is 0 Å². The number of hydrogen-bond acceptors (Lipinski definition) is 15. The molecule has 19 heteroatoms. The molecule has 564 valence electrons. The van der Waals surface area contributed by atoms with Crippen molar-refractivity contribution in [1.29, 1.82) is 0 Å². The van der Waals surface area contributed by atoms with Crippen LogP contribution in [0.15, 0.2) is 0 Å². The first kappa shape index (κ1) is 93.1. The quantitative estimate of drug-likeness (QED) is 0.0222. The van der Waals surface area contributed by atoms with Crippen molar-refractivity contribution < 1.29 is 80.2 Å². The van der Waals surface area contributed by atoms with Crippen LogP contribution in [0.4, 0.5) is 0 Å². The minimum Gasteiger partial charge on any atom is -0.462 e. The van der Waals surface area contributed by atoms with Crippen LogP contribution in [-0.4, -0.2) is 96.7 Å². The van der Waals surface area contributed by atoms with E-state index in [9.17, 15) is 43.2 Å². The third-order valence-electron chi connectivity index (χ3n) is 17.6. The van der Waals surface area contributed by atoms with E-state index in [1.165, 1.54) is 199 Å². The van der Waals surface area contributed by atoms with Gasteiger partial charge in [0.25, 0.3) is 0 Å². The van der Waals surface area contributed by atoms with Crippen molar-refractivity contribution in [2.75, 3.05) is 39.6 Å². The number of ether oxygens (including phenoxy) is 4. The number of rotatable bonds is 74. The van der Waals surface area contributed by atoms with Crippen LogP contribution in [0.5, 0.6) is 0 Å². The zero-order chi connectivity index (χ0) is 70.1. The lowest BCUT2D eigenvalue weighted by molar-refractivity contribution is -0.161. The van der Waals surface area contributed by atoms with Crippen molar-refractivity contribution in [1.82, 2.24) is 0 Å². The van der Waals surface area contributed by atoms with Crippen LogP contribution < -0.4 is 0 Å². The van der Waals surface area contributed by atoms with Crippen LogP contribution in [0, 0.1) is 17.8 Å². The molecule has 0 aliphatic heterocycles. The molecule has 2 unspecified atom stereocenters. The fourth-order valence-corrected chi connectivity index (χ4v) is 13.2. The average molecular weight is 1400 g/mol. The molecule has 5 atom stereocenters. The highest BCUT2D eigenvalue weighted by molar-refractivity contribution is 7.47. The van der Waals surface area contributed by atoms with E-state index in [0.29, 0.717) is 25.7 Å². The predicted octanol–water partition coefficient (Wildman–Crippen LogP) is 22.2. The van der Waals surface area contributed by atoms with E-state index >= 15 is 0 Å². The maximum atomic E-state index is 13.1. The second kappa shape index (κ2) is 66.6. The van der Waals surface area contributed by atoms with Gasteiger partial charge in [-0.3, -0.25) is 37.3 Å². The topological polar surface area (TPSA) is 237 Å². The summed E-state index contributed by atoms with van der Waals surface area (Å²) in [6.07, 6.45) is 52.7. The van der Waals surface area contributed by atoms with Gasteiger partial charge in [-0.05, 0) is 43.4 Å². The van der Waals surface area contributed by atoms with Crippen LogP contribution in [0.1, 0.15) is 389 Å². The summed E-state index contributed by atoms with van der Waals surface area (Å²) < 4.78 is 68.5. The number of aliphatic hydroxyl groups excluding tert-OH is 1. The molecule has 0 radical (unpaired) electrons. The maximum absolute atomic E-state index is 13.1. The third-order valence-corrected chi connectivity index (χ3v) is 19.5. The van der Waals surface area contributed by atoms with Gasteiger partial charge < -0.3 is 33.8 Å². The predicted molar refractivity (Wildman–Crippen MR) is 386 cm³/mol. The fraction of sp³-hybridized carbons (Fsp3) is 0.947. The minimum absolute atomic E-state index is 0.106. The molecule has 0 aliphatic carbocycles. The molecule has 0 aromatic heterocycles. The first-order chi connectivity index (χ1) is 45.7. The first-order valence-electron chi connectivity index (χ1n) is 39.3. The smallest absolute Gasteiger partial charge is 0.462 e. The number of carbonyl (C=O) groups is 4. The number of carbonyl (C=O) groups excluding carboxylic acids is 4. The molecule has 0 bridgehead atoms. The van der Waals surface area contributed by atoms with Crippen LogP contribution in [-0.2, 0) is 65.4 Å². The van der Waals surface area contributed by atoms with Gasteiger partial charge in [-0.25, -0.2) is 9.13 Å². The van der Waals surface area contributed by atoms with Crippen molar-refractivity contribution in [3.05, 3.63) is 0 Å². The largest absolute Gasteiger partial charge is 0.472 e. The van der Waals surface area contributed by atoms with Gasteiger partial charge in [0.05, 0.1) is 26.4 Å². The Morgan fingerprint density at radius 2 is 0.484 bits per heavy atom. The lowest BCUT2D eigenvalue weighted by atomic mass is 10.0. The molecular formula is C76H148O17P2. The number of phosphoric acid groups is 2. The van der Waals surface area contributed by atoms with E-state index in [-0.39, 0.29) is 25.7 Å².